The predicted octanol–water partition coefficient (Wildman–Crippen LogP) is 3.79. The van der Waals surface area contributed by atoms with Crippen LogP contribution in [0, 0.1) is 6.92 Å². The Morgan fingerprint density at radius 2 is 2.07 bits per heavy atom. The Hall–Kier alpha value is -2.80. The van der Waals surface area contributed by atoms with E-state index in [9.17, 15) is 4.79 Å². The van der Waals surface area contributed by atoms with E-state index >= 15 is 0 Å². The minimum absolute atomic E-state index is 0.0724. The van der Waals surface area contributed by atoms with Gasteiger partial charge in [-0.1, -0.05) is 36.9 Å². The molecule has 7 heteroatoms. The molecule has 0 spiro atoms. The van der Waals surface area contributed by atoms with Crippen molar-refractivity contribution in [1.29, 1.82) is 0 Å². The molecule has 3 aromatic rings. The van der Waals surface area contributed by atoms with E-state index in [1.165, 1.54) is 17.3 Å². The number of carbonyl (C=O) groups is 1. The number of aromatic nitrogens is 3. The maximum absolute atomic E-state index is 11.9. The number of carbonyl (C=O) groups excluding carboxylic acids is 1. The van der Waals surface area contributed by atoms with Gasteiger partial charge in [-0.3, -0.25) is 9.36 Å². The van der Waals surface area contributed by atoms with Gasteiger partial charge in [-0.15, -0.1) is 16.8 Å². The second kappa shape index (κ2) is 8.73. The van der Waals surface area contributed by atoms with Crippen LogP contribution in [0.2, 0.25) is 0 Å². The van der Waals surface area contributed by atoms with Gasteiger partial charge in [0, 0.05) is 12.2 Å². The minimum atomic E-state index is -0.0724. The third-order valence-corrected chi connectivity index (χ3v) is 5.04. The van der Waals surface area contributed by atoms with Crippen molar-refractivity contribution in [2.24, 2.45) is 0 Å². The molecule has 0 radical (unpaired) electrons. The van der Waals surface area contributed by atoms with Gasteiger partial charge in [0.25, 0.3) is 0 Å². The lowest BCUT2D eigenvalue weighted by Crippen LogP contribution is -2.25. The number of hydrogen-bond donors (Lipinski definition) is 1. The molecule has 2 heterocycles. The highest BCUT2D eigenvalue weighted by Gasteiger charge is 2.19. The van der Waals surface area contributed by atoms with Crippen molar-refractivity contribution < 1.29 is 9.21 Å². The van der Waals surface area contributed by atoms with Gasteiger partial charge < -0.3 is 9.73 Å². The number of rotatable bonds is 8. The molecular formula is C20H22N4O2S. The number of thioether (sulfide) groups is 1. The fourth-order valence-corrected chi connectivity index (χ4v) is 3.42. The summed E-state index contributed by atoms with van der Waals surface area (Å²) in [6, 6.07) is 10.1. The number of amides is 1. The number of benzene rings is 1. The standard InChI is InChI=1S/C20H22N4O2S/c1-4-11-21-18(25)13-27-20-23-22-19(17-10-12-26-14(17)3)24(20)16-8-6-15(5-2)7-9-16/h4,6-10,12H,1,5,11,13H2,2-3H3,(H,21,25). The Kier molecular flexibility index (Phi) is 6.13. The van der Waals surface area contributed by atoms with Crippen molar-refractivity contribution in [2.45, 2.75) is 25.4 Å². The van der Waals surface area contributed by atoms with Crippen LogP contribution < -0.4 is 5.32 Å². The van der Waals surface area contributed by atoms with Crippen LogP contribution in [-0.4, -0.2) is 33.0 Å². The summed E-state index contributed by atoms with van der Waals surface area (Å²) in [7, 11) is 0. The molecule has 2 aromatic heterocycles. The van der Waals surface area contributed by atoms with Crippen molar-refractivity contribution in [1.82, 2.24) is 20.1 Å². The molecule has 0 fully saturated rings. The zero-order valence-electron chi connectivity index (χ0n) is 15.4. The normalized spacial score (nSPS) is 10.7. The molecule has 0 aliphatic rings. The average Bonchev–Trinajstić information content (AvgIpc) is 3.30. The third-order valence-electron chi connectivity index (χ3n) is 4.11. The number of aryl methyl sites for hydroxylation is 2. The van der Waals surface area contributed by atoms with Crippen molar-refractivity contribution in [3.8, 4) is 17.1 Å². The van der Waals surface area contributed by atoms with Crippen molar-refractivity contribution in [3.63, 3.8) is 0 Å². The Morgan fingerprint density at radius 3 is 2.70 bits per heavy atom. The highest BCUT2D eigenvalue weighted by atomic mass is 32.2. The van der Waals surface area contributed by atoms with E-state index in [2.05, 4.69) is 41.1 Å². The molecular weight excluding hydrogens is 360 g/mol. The Morgan fingerprint density at radius 1 is 1.30 bits per heavy atom. The molecule has 0 bridgehead atoms. The molecule has 0 atom stereocenters. The molecule has 6 nitrogen and oxygen atoms in total. The molecule has 140 valence electrons. The topological polar surface area (TPSA) is 73.0 Å². The molecule has 1 amide bonds. The van der Waals surface area contributed by atoms with Crippen LogP contribution in [0.25, 0.3) is 17.1 Å². The van der Waals surface area contributed by atoms with Gasteiger partial charge >= 0.3 is 0 Å². The number of furan rings is 1. The maximum atomic E-state index is 11.9. The molecule has 1 aromatic carbocycles. The molecule has 3 rings (SSSR count). The fourth-order valence-electron chi connectivity index (χ4n) is 2.64. The first-order valence-electron chi connectivity index (χ1n) is 8.73. The summed E-state index contributed by atoms with van der Waals surface area (Å²) in [4.78, 5) is 11.9. The summed E-state index contributed by atoms with van der Waals surface area (Å²) in [5.74, 6) is 1.65. The molecule has 0 saturated heterocycles. The molecule has 0 unspecified atom stereocenters. The Balaban J connectivity index is 1.95. The van der Waals surface area contributed by atoms with Crippen molar-refractivity contribution >= 4 is 17.7 Å². The smallest absolute Gasteiger partial charge is 0.230 e. The van der Waals surface area contributed by atoms with Crippen LogP contribution in [0.1, 0.15) is 18.2 Å². The highest BCUT2D eigenvalue weighted by molar-refractivity contribution is 7.99. The van der Waals surface area contributed by atoms with Crippen LogP contribution in [0.5, 0.6) is 0 Å². The van der Waals surface area contributed by atoms with Crippen LogP contribution in [0.15, 0.2) is 58.8 Å². The van der Waals surface area contributed by atoms with E-state index in [0.29, 0.717) is 17.5 Å². The Labute approximate surface area is 162 Å². The maximum Gasteiger partial charge on any atom is 0.230 e. The van der Waals surface area contributed by atoms with E-state index in [-0.39, 0.29) is 11.7 Å². The summed E-state index contributed by atoms with van der Waals surface area (Å²) < 4.78 is 7.40. The van der Waals surface area contributed by atoms with Gasteiger partial charge in [-0.2, -0.15) is 0 Å². The summed E-state index contributed by atoms with van der Waals surface area (Å²) >= 11 is 1.35. The van der Waals surface area contributed by atoms with Crippen LogP contribution in [0.4, 0.5) is 0 Å². The molecule has 0 saturated carbocycles. The van der Waals surface area contributed by atoms with Gasteiger partial charge in [-0.25, -0.2) is 0 Å². The number of nitrogens with one attached hydrogen (secondary N) is 1. The monoisotopic (exact) mass is 382 g/mol. The Bertz CT molecular complexity index is 928. The first kappa shape index (κ1) is 19.0. The quantitative estimate of drug-likeness (QED) is 0.474. The van der Waals surface area contributed by atoms with Gasteiger partial charge in [0.05, 0.1) is 17.6 Å². The predicted molar refractivity (Wildman–Crippen MR) is 107 cm³/mol. The van der Waals surface area contributed by atoms with Gasteiger partial charge in [0.1, 0.15) is 5.76 Å². The van der Waals surface area contributed by atoms with E-state index in [1.807, 2.05) is 29.7 Å². The second-order valence-electron chi connectivity index (χ2n) is 5.93. The zero-order chi connectivity index (χ0) is 19.2. The van der Waals surface area contributed by atoms with E-state index in [4.69, 9.17) is 4.42 Å². The third kappa shape index (κ3) is 4.31. The van der Waals surface area contributed by atoms with E-state index in [0.717, 1.165) is 23.4 Å². The summed E-state index contributed by atoms with van der Waals surface area (Å²) in [6.45, 7) is 8.07. The molecule has 0 aliphatic heterocycles. The minimum Gasteiger partial charge on any atom is -0.469 e. The molecule has 27 heavy (non-hydrogen) atoms. The lowest BCUT2D eigenvalue weighted by molar-refractivity contribution is -0.118. The van der Waals surface area contributed by atoms with Crippen LogP contribution in [-0.2, 0) is 11.2 Å². The second-order valence-corrected chi connectivity index (χ2v) is 6.88. The van der Waals surface area contributed by atoms with E-state index < -0.39 is 0 Å². The van der Waals surface area contributed by atoms with Crippen LogP contribution in [0.3, 0.4) is 0 Å². The fraction of sp³-hybridized carbons (Fsp3) is 0.250. The van der Waals surface area contributed by atoms with Crippen molar-refractivity contribution in [3.05, 3.63) is 60.6 Å². The number of nitrogens with zero attached hydrogens (tertiary/aromatic N) is 3. The first-order valence-corrected chi connectivity index (χ1v) is 9.72. The number of hydrogen-bond acceptors (Lipinski definition) is 5. The van der Waals surface area contributed by atoms with Gasteiger partial charge in [0.15, 0.2) is 11.0 Å². The van der Waals surface area contributed by atoms with Gasteiger partial charge in [-0.05, 0) is 37.1 Å². The first-order chi connectivity index (χ1) is 13.1. The SMILES string of the molecule is C=CCNC(=O)CSc1nnc(-c2ccoc2C)n1-c1ccc(CC)cc1. The lowest BCUT2D eigenvalue weighted by atomic mass is 10.1. The summed E-state index contributed by atoms with van der Waals surface area (Å²) in [6.07, 6.45) is 4.26. The zero-order valence-corrected chi connectivity index (χ0v) is 16.3. The average molecular weight is 382 g/mol. The highest BCUT2D eigenvalue weighted by Crippen LogP contribution is 2.30. The largest absolute Gasteiger partial charge is 0.469 e. The summed E-state index contributed by atoms with van der Waals surface area (Å²) in [5, 5.41) is 12.1. The van der Waals surface area contributed by atoms with Crippen LogP contribution >= 0.6 is 11.8 Å². The summed E-state index contributed by atoms with van der Waals surface area (Å²) in [5.41, 5.74) is 3.08. The molecule has 0 aliphatic carbocycles. The van der Waals surface area contributed by atoms with E-state index in [1.54, 1.807) is 12.3 Å². The van der Waals surface area contributed by atoms with Gasteiger partial charge in [0.2, 0.25) is 5.91 Å². The molecule has 1 N–H and O–H groups in total. The van der Waals surface area contributed by atoms with Crippen molar-refractivity contribution in [2.75, 3.05) is 12.3 Å². The lowest BCUT2D eigenvalue weighted by Gasteiger charge is -2.10.